The molecular weight excluding hydrogens is 324 g/mol. The molecule has 1 aliphatic rings. The molecule has 26 heavy (non-hydrogen) atoms. The minimum atomic E-state index is -0.595. The van der Waals surface area contributed by atoms with E-state index in [0.29, 0.717) is 13.2 Å². The van der Waals surface area contributed by atoms with Gasteiger partial charge in [0.15, 0.2) is 5.60 Å². The first kappa shape index (κ1) is 20.7. The maximum Gasteiger partial charge on any atom is 0.313 e. The number of rotatable bonds is 12. The molecule has 1 heterocycles. The van der Waals surface area contributed by atoms with Gasteiger partial charge in [-0.2, -0.15) is 0 Å². The van der Waals surface area contributed by atoms with Crippen molar-refractivity contribution in [1.29, 1.82) is 0 Å². The van der Waals surface area contributed by atoms with Gasteiger partial charge in [-0.15, -0.1) is 0 Å². The molecule has 0 saturated carbocycles. The fraction of sp³-hybridized carbons (Fsp3) is 0.609. The molecule has 0 N–H and O–H groups in total. The zero-order valence-electron chi connectivity index (χ0n) is 16.4. The lowest BCUT2D eigenvalue weighted by Gasteiger charge is -2.34. The lowest BCUT2D eigenvalue weighted by molar-refractivity contribution is -0.167. The Labute approximate surface area is 158 Å². The van der Waals surface area contributed by atoms with Crippen molar-refractivity contribution in [3.63, 3.8) is 0 Å². The predicted octanol–water partition coefficient (Wildman–Crippen LogP) is 5.83. The standard InChI is InChI=1S/C23H34O3/c1-3-4-5-6-7-8-12-16-23(17-15-20(2)22(24)26-23)19-25-18-21-13-10-9-11-14-21/h9-11,13-15,17,20H,3-8,12,16,18-19H2,1-2H3/t20-,23+/m1/s1. The third-order valence-corrected chi connectivity index (χ3v) is 5.03. The summed E-state index contributed by atoms with van der Waals surface area (Å²) in [6.45, 7) is 5.08. The molecule has 0 aromatic heterocycles. The Hall–Kier alpha value is -1.61. The van der Waals surface area contributed by atoms with Crippen LogP contribution in [0.1, 0.15) is 70.8 Å². The molecule has 3 nitrogen and oxygen atoms in total. The number of unbranched alkanes of at least 4 members (excludes halogenated alkanes) is 6. The van der Waals surface area contributed by atoms with E-state index in [-0.39, 0.29) is 11.9 Å². The highest BCUT2D eigenvalue weighted by Gasteiger charge is 2.36. The number of benzene rings is 1. The van der Waals surface area contributed by atoms with Crippen LogP contribution in [0.4, 0.5) is 0 Å². The van der Waals surface area contributed by atoms with Crippen molar-refractivity contribution < 1.29 is 14.3 Å². The lowest BCUT2D eigenvalue weighted by atomic mass is 9.91. The van der Waals surface area contributed by atoms with Crippen LogP contribution in [0.2, 0.25) is 0 Å². The number of cyclic esters (lactones) is 1. The van der Waals surface area contributed by atoms with Crippen LogP contribution < -0.4 is 0 Å². The SMILES string of the molecule is CCCCCCCCC[C@@]1(COCc2ccccc2)C=C[C@@H](C)C(=O)O1. The Morgan fingerprint density at radius 2 is 1.73 bits per heavy atom. The molecule has 1 aliphatic heterocycles. The van der Waals surface area contributed by atoms with E-state index in [4.69, 9.17) is 9.47 Å². The number of hydrogen-bond donors (Lipinski definition) is 0. The van der Waals surface area contributed by atoms with Gasteiger partial charge in [0.1, 0.15) is 0 Å². The minimum absolute atomic E-state index is 0.140. The van der Waals surface area contributed by atoms with Gasteiger partial charge in [-0.25, -0.2) is 0 Å². The molecule has 0 amide bonds. The molecule has 0 spiro atoms. The molecule has 0 aliphatic carbocycles. The fourth-order valence-electron chi connectivity index (χ4n) is 3.31. The minimum Gasteiger partial charge on any atom is -0.452 e. The molecule has 0 unspecified atom stereocenters. The topological polar surface area (TPSA) is 35.5 Å². The highest BCUT2D eigenvalue weighted by atomic mass is 16.6. The first-order valence-electron chi connectivity index (χ1n) is 10.2. The first-order chi connectivity index (χ1) is 12.7. The molecule has 144 valence electrons. The molecule has 0 saturated heterocycles. The van der Waals surface area contributed by atoms with Gasteiger partial charge in [-0.1, -0.05) is 81.9 Å². The van der Waals surface area contributed by atoms with Crippen molar-refractivity contribution >= 4 is 5.97 Å². The molecule has 0 radical (unpaired) electrons. The second-order valence-corrected chi connectivity index (χ2v) is 7.48. The quantitative estimate of drug-likeness (QED) is 0.268. The Balaban J connectivity index is 1.82. The second kappa shape index (κ2) is 11.2. The van der Waals surface area contributed by atoms with Crippen LogP contribution in [-0.4, -0.2) is 18.2 Å². The van der Waals surface area contributed by atoms with Gasteiger partial charge in [0.05, 0.1) is 19.1 Å². The summed E-state index contributed by atoms with van der Waals surface area (Å²) in [5.41, 5.74) is 0.542. The Kier molecular flexibility index (Phi) is 8.90. The number of carbonyl (C=O) groups is 1. The number of hydrogen-bond acceptors (Lipinski definition) is 3. The molecule has 2 atom stereocenters. The van der Waals surface area contributed by atoms with Gasteiger partial charge >= 0.3 is 5.97 Å². The number of ether oxygens (including phenoxy) is 2. The average Bonchev–Trinajstić information content (AvgIpc) is 2.65. The van der Waals surface area contributed by atoms with Gasteiger partial charge in [0, 0.05) is 0 Å². The Morgan fingerprint density at radius 1 is 1.04 bits per heavy atom. The van der Waals surface area contributed by atoms with Crippen LogP contribution in [-0.2, 0) is 20.9 Å². The smallest absolute Gasteiger partial charge is 0.313 e. The summed E-state index contributed by atoms with van der Waals surface area (Å²) < 4.78 is 11.7. The van der Waals surface area contributed by atoms with E-state index in [1.165, 1.54) is 38.5 Å². The third-order valence-electron chi connectivity index (χ3n) is 5.03. The highest BCUT2D eigenvalue weighted by Crippen LogP contribution is 2.29. The highest BCUT2D eigenvalue weighted by molar-refractivity contribution is 5.76. The van der Waals surface area contributed by atoms with Crippen LogP contribution in [0.5, 0.6) is 0 Å². The Bertz CT molecular complexity index is 552. The summed E-state index contributed by atoms with van der Waals surface area (Å²) in [7, 11) is 0. The Morgan fingerprint density at radius 3 is 2.42 bits per heavy atom. The van der Waals surface area contributed by atoms with Crippen molar-refractivity contribution in [2.75, 3.05) is 6.61 Å². The molecule has 1 aromatic carbocycles. The zero-order valence-corrected chi connectivity index (χ0v) is 16.4. The van der Waals surface area contributed by atoms with Gasteiger partial charge in [0.2, 0.25) is 0 Å². The number of carbonyl (C=O) groups excluding carboxylic acids is 1. The molecule has 3 heteroatoms. The maximum atomic E-state index is 12.1. The molecular formula is C23H34O3. The van der Waals surface area contributed by atoms with Crippen LogP contribution in [0.3, 0.4) is 0 Å². The average molecular weight is 359 g/mol. The van der Waals surface area contributed by atoms with Crippen LogP contribution in [0, 0.1) is 5.92 Å². The summed E-state index contributed by atoms with van der Waals surface area (Å²) in [6.07, 6.45) is 13.6. The largest absolute Gasteiger partial charge is 0.452 e. The van der Waals surface area contributed by atoms with E-state index in [9.17, 15) is 4.79 Å². The summed E-state index contributed by atoms with van der Waals surface area (Å²) >= 11 is 0. The van der Waals surface area contributed by atoms with Gasteiger partial charge < -0.3 is 9.47 Å². The molecule has 0 fully saturated rings. The van der Waals surface area contributed by atoms with Crippen molar-refractivity contribution in [3.05, 3.63) is 48.0 Å². The van der Waals surface area contributed by atoms with E-state index < -0.39 is 5.60 Å². The van der Waals surface area contributed by atoms with Gasteiger partial charge in [-0.3, -0.25) is 4.79 Å². The predicted molar refractivity (Wildman–Crippen MR) is 106 cm³/mol. The lowest BCUT2D eigenvalue weighted by Crippen LogP contribution is -2.42. The van der Waals surface area contributed by atoms with Crippen molar-refractivity contribution in [1.82, 2.24) is 0 Å². The van der Waals surface area contributed by atoms with E-state index in [1.54, 1.807) is 0 Å². The van der Waals surface area contributed by atoms with Crippen LogP contribution >= 0.6 is 0 Å². The summed E-state index contributed by atoms with van der Waals surface area (Å²) in [6, 6.07) is 10.1. The van der Waals surface area contributed by atoms with Crippen molar-refractivity contribution in [2.24, 2.45) is 5.92 Å². The van der Waals surface area contributed by atoms with Gasteiger partial charge in [-0.05, 0) is 31.4 Å². The molecule has 0 bridgehead atoms. The summed E-state index contributed by atoms with van der Waals surface area (Å²) in [5, 5.41) is 0. The van der Waals surface area contributed by atoms with E-state index in [1.807, 2.05) is 43.3 Å². The van der Waals surface area contributed by atoms with Crippen molar-refractivity contribution in [3.8, 4) is 0 Å². The fourth-order valence-corrected chi connectivity index (χ4v) is 3.31. The number of esters is 1. The molecule has 1 aromatic rings. The zero-order chi connectivity index (χ0) is 18.7. The van der Waals surface area contributed by atoms with Gasteiger partial charge in [0.25, 0.3) is 0 Å². The maximum absolute atomic E-state index is 12.1. The monoisotopic (exact) mass is 358 g/mol. The van der Waals surface area contributed by atoms with E-state index in [0.717, 1.165) is 18.4 Å². The molecule has 2 rings (SSSR count). The van der Waals surface area contributed by atoms with Crippen LogP contribution in [0.15, 0.2) is 42.5 Å². The van der Waals surface area contributed by atoms with Crippen LogP contribution in [0.25, 0.3) is 0 Å². The van der Waals surface area contributed by atoms with E-state index >= 15 is 0 Å². The normalized spacial score (nSPS) is 22.4. The summed E-state index contributed by atoms with van der Waals surface area (Å²) in [4.78, 5) is 12.1. The second-order valence-electron chi connectivity index (χ2n) is 7.48. The third kappa shape index (κ3) is 6.95. The van der Waals surface area contributed by atoms with E-state index in [2.05, 4.69) is 13.0 Å². The first-order valence-corrected chi connectivity index (χ1v) is 10.2. The van der Waals surface area contributed by atoms with Crippen molar-refractivity contribution in [2.45, 2.75) is 77.4 Å². The summed E-state index contributed by atoms with van der Waals surface area (Å²) in [5.74, 6) is -0.301.